The minimum atomic E-state index is -0.726. The van der Waals surface area contributed by atoms with E-state index in [2.05, 4.69) is 21.2 Å². The van der Waals surface area contributed by atoms with Crippen molar-refractivity contribution >= 4 is 39.2 Å². The summed E-state index contributed by atoms with van der Waals surface area (Å²) in [5.41, 5.74) is 2.01. The minimum Gasteiger partial charge on any atom is -0.481 e. The largest absolute Gasteiger partial charge is 0.481 e. The van der Waals surface area contributed by atoms with Crippen molar-refractivity contribution in [2.24, 2.45) is 0 Å². The van der Waals surface area contributed by atoms with Gasteiger partial charge >= 0.3 is 5.97 Å². The zero-order chi connectivity index (χ0) is 13.5. The molecule has 0 saturated carbocycles. The Balaban J connectivity index is 2.31. The molecule has 0 spiro atoms. The zero-order valence-corrected chi connectivity index (χ0v) is 12.6. The van der Waals surface area contributed by atoms with Gasteiger partial charge in [-0.05, 0) is 53.4 Å². The van der Waals surface area contributed by atoms with E-state index in [4.69, 9.17) is 16.7 Å². The van der Waals surface area contributed by atoms with Crippen LogP contribution in [0.4, 0.5) is 5.69 Å². The van der Waals surface area contributed by atoms with E-state index in [1.807, 2.05) is 19.1 Å². The third kappa shape index (κ3) is 5.27. The second kappa shape index (κ2) is 7.64. The third-order valence-electron chi connectivity index (χ3n) is 2.63. The van der Waals surface area contributed by atoms with Gasteiger partial charge in [-0.1, -0.05) is 18.0 Å². The summed E-state index contributed by atoms with van der Waals surface area (Å²) >= 11 is 9.54. The smallest absolute Gasteiger partial charge is 0.303 e. The van der Waals surface area contributed by atoms with E-state index in [-0.39, 0.29) is 6.42 Å². The molecule has 2 N–H and O–H groups in total. The Hall–Kier alpha value is -0.740. The van der Waals surface area contributed by atoms with Gasteiger partial charge in [-0.15, -0.1) is 0 Å². The Morgan fingerprint density at radius 1 is 1.39 bits per heavy atom. The fraction of sp³-hybridized carbons (Fsp3) is 0.462. The number of carboxylic acid groups (broad SMARTS) is 1. The van der Waals surface area contributed by atoms with Crippen molar-refractivity contribution in [1.82, 2.24) is 0 Å². The molecule has 1 aromatic carbocycles. The van der Waals surface area contributed by atoms with Gasteiger partial charge in [-0.3, -0.25) is 4.79 Å². The number of unbranched alkanes of at least 4 members (excludes halogenated alkanes) is 2. The molecule has 18 heavy (non-hydrogen) atoms. The SMILES string of the molecule is Cc1cc(Br)c(NCCCCCC(=O)O)cc1Cl. The zero-order valence-electron chi connectivity index (χ0n) is 10.3. The lowest BCUT2D eigenvalue weighted by atomic mass is 10.2. The molecule has 1 rings (SSSR count). The molecule has 0 aliphatic rings. The topological polar surface area (TPSA) is 49.3 Å². The maximum atomic E-state index is 10.3. The molecule has 0 unspecified atom stereocenters. The molecule has 0 aliphatic heterocycles. The highest BCUT2D eigenvalue weighted by Gasteiger charge is 2.03. The lowest BCUT2D eigenvalue weighted by Crippen LogP contribution is -2.03. The number of nitrogens with one attached hydrogen (secondary N) is 1. The first-order chi connectivity index (χ1) is 8.50. The van der Waals surface area contributed by atoms with Crippen LogP contribution in [0.3, 0.4) is 0 Å². The molecule has 0 fully saturated rings. The van der Waals surface area contributed by atoms with Gasteiger partial charge in [0.05, 0.1) is 0 Å². The summed E-state index contributed by atoms with van der Waals surface area (Å²) in [5, 5.41) is 12.5. The number of halogens is 2. The Labute approximate surface area is 121 Å². The van der Waals surface area contributed by atoms with Crippen LogP contribution in [0, 0.1) is 6.92 Å². The van der Waals surface area contributed by atoms with Crippen molar-refractivity contribution in [1.29, 1.82) is 0 Å². The molecular weight excluding hydrogens is 318 g/mol. The molecule has 3 nitrogen and oxygen atoms in total. The molecule has 0 radical (unpaired) electrons. The average molecular weight is 335 g/mol. The first kappa shape index (κ1) is 15.3. The van der Waals surface area contributed by atoms with Crippen molar-refractivity contribution in [2.45, 2.75) is 32.6 Å². The number of benzene rings is 1. The fourth-order valence-corrected chi connectivity index (χ4v) is 2.34. The minimum absolute atomic E-state index is 0.250. The normalized spacial score (nSPS) is 10.4. The predicted octanol–water partition coefficient (Wildman–Crippen LogP) is 4.47. The molecule has 0 bridgehead atoms. The first-order valence-corrected chi connectivity index (χ1v) is 7.09. The second-order valence-corrected chi connectivity index (χ2v) is 5.47. The third-order valence-corrected chi connectivity index (χ3v) is 3.69. The van der Waals surface area contributed by atoms with Gasteiger partial charge in [0.25, 0.3) is 0 Å². The van der Waals surface area contributed by atoms with E-state index in [1.165, 1.54) is 0 Å². The van der Waals surface area contributed by atoms with Gasteiger partial charge in [0.15, 0.2) is 0 Å². The number of anilines is 1. The summed E-state index contributed by atoms with van der Waals surface area (Å²) in [6.45, 7) is 2.78. The Kier molecular flexibility index (Phi) is 6.50. The number of carbonyl (C=O) groups is 1. The van der Waals surface area contributed by atoms with E-state index >= 15 is 0 Å². The summed E-state index contributed by atoms with van der Waals surface area (Å²) in [5.74, 6) is -0.726. The number of hydrogen-bond donors (Lipinski definition) is 2. The molecule has 100 valence electrons. The highest BCUT2D eigenvalue weighted by atomic mass is 79.9. The maximum absolute atomic E-state index is 10.3. The van der Waals surface area contributed by atoms with Crippen molar-refractivity contribution in [3.8, 4) is 0 Å². The highest BCUT2D eigenvalue weighted by Crippen LogP contribution is 2.29. The number of aliphatic carboxylic acids is 1. The van der Waals surface area contributed by atoms with Crippen molar-refractivity contribution in [3.05, 3.63) is 27.2 Å². The van der Waals surface area contributed by atoms with Crippen LogP contribution in [0.15, 0.2) is 16.6 Å². The summed E-state index contributed by atoms with van der Waals surface area (Å²) in [6.07, 6.45) is 2.84. The molecule has 0 amide bonds. The quantitative estimate of drug-likeness (QED) is 0.723. The Morgan fingerprint density at radius 2 is 2.11 bits per heavy atom. The van der Waals surface area contributed by atoms with Gasteiger partial charge in [0.1, 0.15) is 0 Å². The van der Waals surface area contributed by atoms with Crippen LogP contribution in [0.5, 0.6) is 0 Å². The lowest BCUT2D eigenvalue weighted by molar-refractivity contribution is -0.137. The van der Waals surface area contributed by atoms with Crippen molar-refractivity contribution in [3.63, 3.8) is 0 Å². The van der Waals surface area contributed by atoms with Crippen molar-refractivity contribution in [2.75, 3.05) is 11.9 Å². The number of aryl methyl sites for hydroxylation is 1. The van der Waals surface area contributed by atoms with E-state index in [9.17, 15) is 4.79 Å². The van der Waals surface area contributed by atoms with Crippen LogP contribution in [0.25, 0.3) is 0 Å². The maximum Gasteiger partial charge on any atom is 0.303 e. The molecule has 0 aliphatic carbocycles. The summed E-state index contributed by atoms with van der Waals surface area (Å²) in [4.78, 5) is 10.3. The van der Waals surface area contributed by atoms with Gasteiger partial charge in [0, 0.05) is 28.1 Å². The molecule has 0 heterocycles. The van der Waals surface area contributed by atoms with Gasteiger partial charge in [-0.2, -0.15) is 0 Å². The van der Waals surface area contributed by atoms with Crippen LogP contribution < -0.4 is 5.32 Å². The monoisotopic (exact) mass is 333 g/mol. The van der Waals surface area contributed by atoms with Gasteiger partial charge < -0.3 is 10.4 Å². The van der Waals surface area contributed by atoms with Crippen LogP contribution in [0.1, 0.15) is 31.2 Å². The van der Waals surface area contributed by atoms with Crippen LogP contribution in [-0.2, 0) is 4.79 Å². The fourth-order valence-electron chi connectivity index (χ4n) is 1.58. The Bertz CT molecular complexity index is 424. The van der Waals surface area contributed by atoms with E-state index in [0.29, 0.717) is 0 Å². The molecule has 1 aromatic rings. The van der Waals surface area contributed by atoms with Gasteiger partial charge in [-0.25, -0.2) is 0 Å². The highest BCUT2D eigenvalue weighted by molar-refractivity contribution is 9.10. The number of carboxylic acids is 1. The predicted molar refractivity (Wildman–Crippen MR) is 78.5 cm³/mol. The molecule has 5 heteroatoms. The first-order valence-electron chi connectivity index (χ1n) is 5.92. The molecule has 0 atom stereocenters. The summed E-state index contributed by atoms with van der Waals surface area (Å²) in [6, 6.07) is 3.88. The van der Waals surface area contributed by atoms with E-state index < -0.39 is 5.97 Å². The Morgan fingerprint density at radius 3 is 2.78 bits per heavy atom. The van der Waals surface area contributed by atoms with Crippen LogP contribution in [0.2, 0.25) is 5.02 Å². The standard InChI is InChI=1S/C13H17BrClNO2/c1-9-7-10(14)12(8-11(9)15)16-6-4-2-3-5-13(17)18/h7-8,16H,2-6H2,1H3,(H,17,18). The summed E-state index contributed by atoms with van der Waals surface area (Å²) in [7, 11) is 0. The molecule has 0 saturated heterocycles. The van der Waals surface area contributed by atoms with Crippen LogP contribution >= 0.6 is 27.5 Å². The lowest BCUT2D eigenvalue weighted by Gasteiger charge is -2.10. The van der Waals surface area contributed by atoms with Gasteiger partial charge in [0.2, 0.25) is 0 Å². The van der Waals surface area contributed by atoms with E-state index in [0.717, 1.165) is 46.6 Å². The number of rotatable bonds is 7. The van der Waals surface area contributed by atoms with Crippen molar-refractivity contribution < 1.29 is 9.90 Å². The molecular formula is C13H17BrClNO2. The van der Waals surface area contributed by atoms with Crippen LogP contribution in [-0.4, -0.2) is 17.6 Å². The van der Waals surface area contributed by atoms with E-state index in [1.54, 1.807) is 0 Å². The summed E-state index contributed by atoms with van der Waals surface area (Å²) < 4.78 is 0.995. The second-order valence-electron chi connectivity index (χ2n) is 4.21. The number of hydrogen-bond acceptors (Lipinski definition) is 2. The molecule has 0 aromatic heterocycles. The average Bonchev–Trinajstić information content (AvgIpc) is 2.29.